The van der Waals surface area contributed by atoms with Crippen LogP contribution in [0.2, 0.25) is 0 Å². The first-order chi connectivity index (χ1) is 12.0. The molecule has 126 valence electrons. The minimum Gasteiger partial charge on any atom is -0.259 e. The van der Waals surface area contributed by atoms with Crippen LogP contribution in [0.3, 0.4) is 0 Å². The van der Waals surface area contributed by atoms with Crippen LogP contribution < -0.4 is 0 Å². The minimum absolute atomic E-state index is 0.202. The summed E-state index contributed by atoms with van der Waals surface area (Å²) in [6, 6.07) is 21.9. The van der Waals surface area contributed by atoms with Crippen LogP contribution in [0.25, 0.3) is 16.8 Å². The van der Waals surface area contributed by atoms with E-state index in [4.69, 9.17) is 0 Å². The summed E-state index contributed by atoms with van der Waals surface area (Å²) in [4.78, 5) is 11.3. The Balaban J connectivity index is 1.94. The van der Waals surface area contributed by atoms with Crippen molar-refractivity contribution in [3.8, 4) is 0 Å². The summed E-state index contributed by atoms with van der Waals surface area (Å²) >= 11 is 0. The van der Waals surface area contributed by atoms with E-state index in [1.54, 1.807) is 6.08 Å². The molecule has 0 bridgehead atoms. The fourth-order valence-electron chi connectivity index (χ4n) is 2.98. The van der Waals surface area contributed by atoms with Crippen LogP contribution in [0.4, 0.5) is 0 Å². The molecule has 0 atom stereocenters. The number of nitrogens with zero attached hydrogens (tertiary/aromatic N) is 1. The standard InChI is InChI=1S/C22H21NO2/c1-16(2)18-12-10-17(11-13-18)14-21(23(24)25)15-20-8-5-7-19-6-3-4-9-22(19)20/h3-14,16H,15H2,1-2H3/b21-14+. The second-order valence-electron chi connectivity index (χ2n) is 6.53. The number of rotatable bonds is 5. The highest BCUT2D eigenvalue weighted by atomic mass is 16.6. The van der Waals surface area contributed by atoms with Crippen LogP contribution in [-0.2, 0) is 6.42 Å². The van der Waals surface area contributed by atoms with Gasteiger partial charge in [0.15, 0.2) is 0 Å². The van der Waals surface area contributed by atoms with E-state index in [0.29, 0.717) is 12.3 Å². The third-order valence-electron chi connectivity index (χ3n) is 4.42. The fourth-order valence-corrected chi connectivity index (χ4v) is 2.98. The van der Waals surface area contributed by atoms with Crippen molar-refractivity contribution in [2.75, 3.05) is 0 Å². The second-order valence-corrected chi connectivity index (χ2v) is 6.53. The Kier molecular flexibility index (Phi) is 4.94. The smallest absolute Gasteiger partial charge is 0.251 e. The van der Waals surface area contributed by atoms with E-state index in [1.807, 2.05) is 66.7 Å². The molecule has 0 aromatic heterocycles. The van der Waals surface area contributed by atoms with E-state index in [1.165, 1.54) is 5.56 Å². The molecule has 0 saturated carbocycles. The van der Waals surface area contributed by atoms with Crippen molar-refractivity contribution in [2.45, 2.75) is 26.2 Å². The van der Waals surface area contributed by atoms with Crippen molar-refractivity contribution >= 4 is 16.8 Å². The third kappa shape index (κ3) is 3.94. The summed E-state index contributed by atoms with van der Waals surface area (Å²) in [7, 11) is 0. The molecular formula is C22H21NO2. The summed E-state index contributed by atoms with van der Waals surface area (Å²) in [6.45, 7) is 4.27. The Morgan fingerprint density at radius 1 is 1.00 bits per heavy atom. The average molecular weight is 331 g/mol. The van der Waals surface area contributed by atoms with Crippen LogP contribution in [-0.4, -0.2) is 4.92 Å². The highest BCUT2D eigenvalue weighted by molar-refractivity contribution is 5.86. The lowest BCUT2D eigenvalue weighted by molar-refractivity contribution is -0.425. The van der Waals surface area contributed by atoms with Gasteiger partial charge in [0.05, 0.1) is 11.3 Å². The van der Waals surface area contributed by atoms with Gasteiger partial charge in [-0.2, -0.15) is 0 Å². The van der Waals surface area contributed by atoms with E-state index in [-0.39, 0.29) is 10.6 Å². The first-order valence-electron chi connectivity index (χ1n) is 8.46. The minimum atomic E-state index is -0.280. The molecule has 0 spiro atoms. The molecule has 3 nitrogen and oxygen atoms in total. The number of fused-ring (bicyclic) bond motifs is 1. The maximum Gasteiger partial charge on any atom is 0.251 e. The molecule has 0 saturated heterocycles. The largest absolute Gasteiger partial charge is 0.259 e. The van der Waals surface area contributed by atoms with Crippen molar-refractivity contribution < 1.29 is 4.92 Å². The molecule has 3 heteroatoms. The summed E-state index contributed by atoms with van der Waals surface area (Å²) in [5.41, 5.74) is 3.26. The Bertz CT molecular complexity index is 919. The highest BCUT2D eigenvalue weighted by Gasteiger charge is 2.14. The third-order valence-corrected chi connectivity index (χ3v) is 4.42. The summed E-state index contributed by atoms with van der Waals surface area (Å²) < 4.78 is 0. The molecule has 0 amide bonds. The van der Waals surface area contributed by atoms with E-state index >= 15 is 0 Å². The van der Waals surface area contributed by atoms with E-state index < -0.39 is 0 Å². The van der Waals surface area contributed by atoms with Gasteiger partial charge in [0.25, 0.3) is 5.70 Å². The van der Waals surface area contributed by atoms with E-state index in [9.17, 15) is 10.1 Å². The monoisotopic (exact) mass is 331 g/mol. The van der Waals surface area contributed by atoms with Gasteiger partial charge in [-0.1, -0.05) is 80.6 Å². The number of hydrogen-bond acceptors (Lipinski definition) is 2. The highest BCUT2D eigenvalue weighted by Crippen LogP contribution is 2.23. The molecule has 0 aliphatic heterocycles. The van der Waals surface area contributed by atoms with Crippen LogP contribution in [0.15, 0.2) is 72.4 Å². The zero-order chi connectivity index (χ0) is 17.8. The SMILES string of the molecule is CC(C)c1ccc(/C=C(\Cc2cccc3ccccc23)[N+](=O)[O-])cc1. The van der Waals surface area contributed by atoms with Gasteiger partial charge in [-0.3, -0.25) is 10.1 Å². The Labute approximate surface area is 147 Å². The lowest BCUT2D eigenvalue weighted by atomic mass is 9.99. The van der Waals surface area contributed by atoms with Gasteiger partial charge in [-0.05, 0) is 33.4 Å². The zero-order valence-electron chi connectivity index (χ0n) is 14.5. The molecular weight excluding hydrogens is 310 g/mol. The number of nitro groups is 1. The quantitative estimate of drug-likeness (QED) is 0.436. The molecule has 3 aromatic carbocycles. The Morgan fingerprint density at radius 3 is 2.36 bits per heavy atom. The number of allylic oxidation sites excluding steroid dienone is 1. The van der Waals surface area contributed by atoms with E-state index in [2.05, 4.69) is 13.8 Å². The van der Waals surface area contributed by atoms with Crippen molar-refractivity contribution in [2.24, 2.45) is 0 Å². The molecule has 0 aliphatic carbocycles. The first kappa shape index (κ1) is 16.9. The zero-order valence-corrected chi connectivity index (χ0v) is 14.5. The normalized spacial score (nSPS) is 11.9. The van der Waals surface area contributed by atoms with Crippen LogP contribution in [0, 0.1) is 10.1 Å². The summed E-state index contributed by atoms with van der Waals surface area (Å²) in [5, 5.41) is 13.7. The molecule has 3 rings (SSSR count). The van der Waals surface area contributed by atoms with Crippen LogP contribution in [0.5, 0.6) is 0 Å². The van der Waals surface area contributed by atoms with Crippen LogP contribution >= 0.6 is 0 Å². The van der Waals surface area contributed by atoms with Crippen LogP contribution in [0.1, 0.15) is 36.5 Å². The second kappa shape index (κ2) is 7.31. The molecule has 25 heavy (non-hydrogen) atoms. The van der Waals surface area contributed by atoms with Gasteiger partial charge in [0.1, 0.15) is 0 Å². The lowest BCUT2D eigenvalue weighted by Crippen LogP contribution is -2.03. The maximum absolute atomic E-state index is 11.6. The van der Waals surface area contributed by atoms with Crippen molar-refractivity contribution in [3.63, 3.8) is 0 Å². The predicted molar refractivity (Wildman–Crippen MR) is 103 cm³/mol. The van der Waals surface area contributed by atoms with Crippen molar-refractivity contribution in [3.05, 3.63) is 99.2 Å². The average Bonchev–Trinajstić information content (AvgIpc) is 2.61. The Hall–Kier alpha value is -2.94. The number of benzene rings is 3. The summed E-state index contributed by atoms with van der Waals surface area (Å²) in [6.07, 6.45) is 1.98. The lowest BCUT2D eigenvalue weighted by Gasteiger charge is -2.07. The maximum atomic E-state index is 11.6. The Morgan fingerprint density at radius 2 is 1.68 bits per heavy atom. The van der Waals surface area contributed by atoms with Gasteiger partial charge in [0, 0.05) is 6.08 Å². The molecule has 0 fully saturated rings. The van der Waals surface area contributed by atoms with Gasteiger partial charge in [0.2, 0.25) is 0 Å². The van der Waals surface area contributed by atoms with Gasteiger partial charge >= 0.3 is 0 Å². The van der Waals surface area contributed by atoms with Gasteiger partial charge < -0.3 is 0 Å². The number of hydrogen-bond donors (Lipinski definition) is 0. The fraction of sp³-hybridized carbons (Fsp3) is 0.182. The molecule has 0 heterocycles. The molecule has 0 N–H and O–H groups in total. The molecule has 0 aliphatic rings. The topological polar surface area (TPSA) is 43.1 Å². The van der Waals surface area contributed by atoms with Gasteiger partial charge in [-0.25, -0.2) is 0 Å². The summed E-state index contributed by atoms with van der Waals surface area (Å²) in [5.74, 6) is 0.448. The van der Waals surface area contributed by atoms with Gasteiger partial charge in [-0.15, -0.1) is 0 Å². The molecule has 3 aromatic rings. The predicted octanol–water partition coefficient (Wildman–Crippen LogP) is 5.82. The first-order valence-corrected chi connectivity index (χ1v) is 8.46. The van der Waals surface area contributed by atoms with Crippen molar-refractivity contribution in [1.82, 2.24) is 0 Å². The van der Waals surface area contributed by atoms with E-state index in [0.717, 1.165) is 21.9 Å². The molecule has 0 radical (unpaired) electrons. The molecule has 0 unspecified atom stereocenters. The van der Waals surface area contributed by atoms with Crippen molar-refractivity contribution in [1.29, 1.82) is 0 Å².